The van der Waals surface area contributed by atoms with Crippen LogP contribution in [0.5, 0.6) is 0 Å². The summed E-state index contributed by atoms with van der Waals surface area (Å²) >= 11 is 0. The molecule has 7 heteroatoms. The third-order valence-corrected chi connectivity index (χ3v) is 5.99. The molecule has 2 aromatic rings. The molecule has 2 aliphatic rings. The fraction of sp³-hybridized carbons (Fsp3) is 0.500. The first-order valence-corrected chi connectivity index (χ1v) is 10.5. The summed E-state index contributed by atoms with van der Waals surface area (Å²) in [4.78, 5) is 28.9. The van der Waals surface area contributed by atoms with Gasteiger partial charge in [0, 0.05) is 44.8 Å². The smallest absolute Gasteiger partial charge is 0.266 e. The lowest BCUT2D eigenvalue weighted by atomic mass is 9.95. The van der Waals surface area contributed by atoms with E-state index in [9.17, 15) is 9.59 Å². The fourth-order valence-electron chi connectivity index (χ4n) is 4.36. The molecule has 7 nitrogen and oxygen atoms in total. The molecule has 0 radical (unpaired) electrons. The molecule has 0 bridgehead atoms. The quantitative estimate of drug-likeness (QED) is 0.806. The number of benzene rings is 1. The minimum atomic E-state index is -0.212. The highest BCUT2D eigenvalue weighted by Gasteiger charge is 2.29. The van der Waals surface area contributed by atoms with Crippen LogP contribution in [0.1, 0.15) is 31.2 Å². The Bertz CT molecular complexity index is 861. The second-order valence-corrected chi connectivity index (χ2v) is 8.13. The number of rotatable bonds is 5. The molecule has 154 valence electrons. The number of hydrogen-bond acceptors (Lipinski definition) is 5. The van der Waals surface area contributed by atoms with Crippen LogP contribution in [0.2, 0.25) is 0 Å². The Kier molecular flexibility index (Phi) is 6.24. The topological polar surface area (TPSA) is 81.3 Å². The van der Waals surface area contributed by atoms with Gasteiger partial charge in [-0.15, -0.1) is 0 Å². The highest BCUT2D eigenvalue weighted by atomic mass is 16.2. The molecule has 0 aliphatic carbocycles. The standard InChI is InChI=1S/C22H29N5O2/c28-21-13-20(14-23-25-21)27-10-4-7-18(16-27)22(29)24-19-8-11-26(12-9-19)15-17-5-2-1-3-6-17/h1-3,5-6,13-14,18-19H,4,7-12,15-16H2,(H,24,29)(H,25,28)/t18-/m0/s1. The van der Waals surface area contributed by atoms with Crippen molar-refractivity contribution in [3.05, 3.63) is 58.5 Å². The largest absolute Gasteiger partial charge is 0.369 e. The number of nitrogens with zero attached hydrogens (tertiary/aromatic N) is 3. The molecule has 1 aromatic carbocycles. The SMILES string of the molecule is O=C(NC1CCN(Cc2ccccc2)CC1)[C@H]1CCCN(c2cn[nH]c(=O)c2)C1. The van der Waals surface area contributed by atoms with E-state index < -0.39 is 0 Å². The predicted octanol–water partition coefficient (Wildman–Crippen LogP) is 1.77. The van der Waals surface area contributed by atoms with E-state index in [0.29, 0.717) is 6.54 Å². The van der Waals surface area contributed by atoms with E-state index in [4.69, 9.17) is 0 Å². The Morgan fingerprint density at radius 2 is 1.93 bits per heavy atom. The summed E-state index contributed by atoms with van der Waals surface area (Å²) in [5.41, 5.74) is 1.92. The molecule has 3 heterocycles. The normalized spacial score (nSPS) is 21.1. The Labute approximate surface area is 171 Å². The summed E-state index contributed by atoms with van der Waals surface area (Å²) in [6.07, 6.45) is 5.48. The van der Waals surface area contributed by atoms with Gasteiger partial charge in [0.15, 0.2) is 0 Å². The number of nitrogens with one attached hydrogen (secondary N) is 2. The second kappa shape index (κ2) is 9.22. The fourth-order valence-corrected chi connectivity index (χ4v) is 4.36. The van der Waals surface area contributed by atoms with Crippen molar-refractivity contribution < 1.29 is 4.79 Å². The highest BCUT2D eigenvalue weighted by Crippen LogP contribution is 2.22. The number of anilines is 1. The highest BCUT2D eigenvalue weighted by molar-refractivity contribution is 5.80. The Morgan fingerprint density at radius 1 is 1.14 bits per heavy atom. The molecule has 0 saturated carbocycles. The summed E-state index contributed by atoms with van der Waals surface area (Å²) in [5, 5.41) is 9.56. The average molecular weight is 396 g/mol. The number of likely N-dealkylation sites (tertiary alicyclic amines) is 1. The number of carbonyl (C=O) groups is 1. The van der Waals surface area contributed by atoms with E-state index in [0.717, 1.165) is 57.5 Å². The van der Waals surface area contributed by atoms with Crippen LogP contribution >= 0.6 is 0 Å². The zero-order valence-electron chi connectivity index (χ0n) is 16.7. The van der Waals surface area contributed by atoms with Crippen molar-refractivity contribution in [2.24, 2.45) is 5.92 Å². The van der Waals surface area contributed by atoms with Gasteiger partial charge in [0.2, 0.25) is 5.91 Å². The summed E-state index contributed by atoms with van der Waals surface area (Å²) in [6.45, 7) is 4.49. The van der Waals surface area contributed by atoms with Gasteiger partial charge in [0.05, 0.1) is 17.8 Å². The lowest BCUT2D eigenvalue weighted by Crippen LogP contribution is -2.49. The van der Waals surface area contributed by atoms with Gasteiger partial charge in [0.1, 0.15) is 0 Å². The first-order chi connectivity index (χ1) is 14.2. The van der Waals surface area contributed by atoms with E-state index in [1.807, 2.05) is 6.07 Å². The number of piperidine rings is 2. The van der Waals surface area contributed by atoms with Crippen LogP contribution in [0.4, 0.5) is 5.69 Å². The van der Waals surface area contributed by atoms with Gasteiger partial charge in [-0.3, -0.25) is 14.5 Å². The zero-order valence-corrected chi connectivity index (χ0v) is 16.7. The van der Waals surface area contributed by atoms with Crippen molar-refractivity contribution in [3.63, 3.8) is 0 Å². The van der Waals surface area contributed by atoms with Crippen LogP contribution in [0.25, 0.3) is 0 Å². The number of H-pyrrole nitrogens is 1. The summed E-state index contributed by atoms with van der Waals surface area (Å²) < 4.78 is 0. The number of amides is 1. The van der Waals surface area contributed by atoms with Gasteiger partial charge in [-0.2, -0.15) is 5.10 Å². The Balaban J connectivity index is 1.26. The van der Waals surface area contributed by atoms with Gasteiger partial charge in [-0.05, 0) is 31.2 Å². The predicted molar refractivity (Wildman–Crippen MR) is 113 cm³/mol. The summed E-state index contributed by atoms with van der Waals surface area (Å²) in [5.74, 6) is 0.111. The van der Waals surface area contributed by atoms with Crippen LogP contribution in [-0.2, 0) is 11.3 Å². The van der Waals surface area contributed by atoms with Crippen LogP contribution in [0, 0.1) is 5.92 Å². The third kappa shape index (κ3) is 5.23. The Morgan fingerprint density at radius 3 is 2.69 bits per heavy atom. The lowest BCUT2D eigenvalue weighted by molar-refractivity contribution is -0.126. The molecule has 1 atom stereocenters. The molecule has 1 amide bonds. The molecular formula is C22H29N5O2. The molecular weight excluding hydrogens is 366 g/mol. The monoisotopic (exact) mass is 395 g/mol. The third-order valence-electron chi connectivity index (χ3n) is 5.99. The van der Waals surface area contributed by atoms with Crippen LogP contribution in [0.15, 0.2) is 47.4 Å². The van der Waals surface area contributed by atoms with Crippen molar-refractivity contribution in [1.82, 2.24) is 20.4 Å². The summed E-state index contributed by atoms with van der Waals surface area (Å²) in [6, 6.07) is 12.3. The molecule has 0 spiro atoms. The van der Waals surface area contributed by atoms with Gasteiger partial charge in [-0.25, -0.2) is 5.10 Å². The van der Waals surface area contributed by atoms with E-state index in [-0.39, 0.29) is 23.4 Å². The van der Waals surface area contributed by atoms with Gasteiger partial charge in [-0.1, -0.05) is 30.3 Å². The molecule has 2 N–H and O–H groups in total. The van der Waals surface area contributed by atoms with E-state index >= 15 is 0 Å². The molecule has 0 unspecified atom stereocenters. The molecule has 29 heavy (non-hydrogen) atoms. The maximum absolute atomic E-state index is 12.8. The lowest BCUT2D eigenvalue weighted by Gasteiger charge is -2.36. The first kappa shape index (κ1) is 19.6. The molecule has 2 fully saturated rings. The molecule has 1 aromatic heterocycles. The van der Waals surface area contributed by atoms with Crippen molar-refractivity contribution in [2.45, 2.75) is 38.3 Å². The maximum Gasteiger partial charge on any atom is 0.266 e. The van der Waals surface area contributed by atoms with Crippen molar-refractivity contribution >= 4 is 11.6 Å². The number of hydrogen-bond donors (Lipinski definition) is 2. The minimum absolute atomic E-state index is 0.0367. The van der Waals surface area contributed by atoms with E-state index in [1.54, 1.807) is 12.3 Å². The van der Waals surface area contributed by atoms with Crippen LogP contribution in [0.3, 0.4) is 0 Å². The molecule has 4 rings (SSSR count). The number of aromatic nitrogens is 2. The van der Waals surface area contributed by atoms with Gasteiger partial charge in [0.25, 0.3) is 5.56 Å². The van der Waals surface area contributed by atoms with Crippen molar-refractivity contribution in [3.8, 4) is 0 Å². The van der Waals surface area contributed by atoms with Crippen molar-refractivity contribution in [1.29, 1.82) is 0 Å². The number of carbonyl (C=O) groups excluding carboxylic acids is 1. The first-order valence-electron chi connectivity index (χ1n) is 10.5. The van der Waals surface area contributed by atoms with E-state index in [2.05, 4.69) is 49.6 Å². The Hall–Kier alpha value is -2.67. The van der Waals surface area contributed by atoms with Gasteiger partial charge < -0.3 is 10.2 Å². The van der Waals surface area contributed by atoms with Gasteiger partial charge >= 0.3 is 0 Å². The average Bonchev–Trinajstić information content (AvgIpc) is 2.76. The van der Waals surface area contributed by atoms with Crippen LogP contribution < -0.4 is 15.8 Å². The van der Waals surface area contributed by atoms with E-state index in [1.165, 1.54) is 5.56 Å². The number of aromatic amines is 1. The van der Waals surface area contributed by atoms with Crippen molar-refractivity contribution in [2.75, 3.05) is 31.1 Å². The molecule has 2 saturated heterocycles. The van der Waals surface area contributed by atoms with Crippen LogP contribution in [-0.4, -0.2) is 53.2 Å². The minimum Gasteiger partial charge on any atom is -0.369 e. The summed E-state index contributed by atoms with van der Waals surface area (Å²) in [7, 11) is 0. The maximum atomic E-state index is 12.8. The second-order valence-electron chi connectivity index (χ2n) is 8.13. The zero-order chi connectivity index (χ0) is 20.1. The molecule has 2 aliphatic heterocycles.